The van der Waals surface area contributed by atoms with E-state index in [-0.39, 0.29) is 18.4 Å². The fourth-order valence-corrected chi connectivity index (χ4v) is 1.67. The molecule has 0 aliphatic rings. The van der Waals surface area contributed by atoms with Gasteiger partial charge in [0.15, 0.2) is 3.77 Å². The van der Waals surface area contributed by atoms with Gasteiger partial charge in [0.25, 0.3) is 0 Å². The highest BCUT2D eigenvalue weighted by molar-refractivity contribution is 14.1. The van der Waals surface area contributed by atoms with E-state index < -0.39 is 0 Å². The van der Waals surface area contributed by atoms with Crippen LogP contribution in [-0.4, -0.2) is 24.2 Å². The lowest BCUT2D eigenvalue weighted by Crippen LogP contribution is -2.26. The molecule has 0 saturated carbocycles. The standard InChI is InChI=1S/C12H16INO3/c1-9(6-7-15)8-14-12(16)5-3-10-2-4-11(13)17-10/h2-5,9,15H,6-8H2,1H3,(H,14,16)/b5-3+. The lowest BCUT2D eigenvalue weighted by atomic mass is 10.1. The third-order valence-electron chi connectivity index (χ3n) is 2.24. The second-order valence-electron chi connectivity index (χ2n) is 3.84. The van der Waals surface area contributed by atoms with Crippen LogP contribution < -0.4 is 5.32 Å². The Morgan fingerprint density at radius 1 is 1.65 bits per heavy atom. The normalized spacial score (nSPS) is 12.9. The van der Waals surface area contributed by atoms with Crippen molar-refractivity contribution in [3.8, 4) is 0 Å². The first-order chi connectivity index (χ1) is 8.11. The van der Waals surface area contributed by atoms with Crippen molar-refractivity contribution in [1.82, 2.24) is 5.32 Å². The first-order valence-corrected chi connectivity index (χ1v) is 6.52. The van der Waals surface area contributed by atoms with Gasteiger partial charge < -0.3 is 14.8 Å². The van der Waals surface area contributed by atoms with E-state index in [2.05, 4.69) is 27.9 Å². The second kappa shape index (κ2) is 7.50. The maximum absolute atomic E-state index is 11.4. The highest BCUT2D eigenvalue weighted by Crippen LogP contribution is 2.11. The molecule has 1 heterocycles. The van der Waals surface area contributed by atoms with Crippen molar-refractivity contribution >= 4 is 34.6 Å². The summed E-state index contributed by atoms with van der Waals surface area (Å²) in [7, 11) is 0. The van der Waals surface area contributed by atoms with Crippen LogP contribution in [0.1, 0.15) is 19.1 Å². The monoisotopic (exact) mass is 349 g/mol. The molecule has 1 unspecified atom stereocenters. The van der Waals surface area contributed by atoms with E-state index in [0.29, 0.717) is 18.7 Å². The highest BCUT2D eigenvalue weighted by atomic mass is 127. The molecule has 2 N–H and O–H groups in total. The van der Waals surface area contributed by atoms with Crippen LogP contribution in [-0.2, 0) is 4.79 Å². The minimum absolute atomic E-state index is 0.151. The van der Waals surface area contributed by atoms with Crippen LogP contribution >= 0.6 is 22.6 Å². The molecule has 1 amide bonds. The number of aliphatic hydroxyl groups is 1. The Labute approximate surface area is 114 Å². The number of aliphatic hydroxyl groups excluding tert-OH is 1. The lowest BCUT2D eigenvalue weighted by molar-refractivity contribution is -0.116. The molecule has 0 fully saturated rings. The number of carbonyl (C=O) groups is 1. The summed E-state index contributed by atoms with van der Waals surface area (Å²) in [6.07, 6.45) is 3.77. The Morgan fingerprint density at radius 2 is 2.41 bits per heavy atom. The van der Waals surface area contributed by atoms with Gasteiger partial charge >= 0.3 is 0 Å². The molecule has 0 aliphatic heterocycles. The van der Waals surface area contributed by atoms with Crippen molar-refractivity contribution in [3.63, 3.8) is 0 Å². The van der Waals surface area contributed by atoms with Crippen molar-refractivity contribution in [2.75, 3.05) is 13.2 Å². The van der Waals surface area contributed by atoms with Crippen LogP contribution in [0.5, 0.6) is 0 Å². The molecule has 17 heavy (non-hydrogen) atoms. The second-order valence-corrected chi connectivity index (χ2v) is 4.90. The Hall–Kier alpha value is -0.820. The van der Waals surface area contributed by atoms with Crippen molar-refractivity contribution < 1.29 is 14.3 Å². The quantitative estimate of drug-likeness (QED) is 0.610. The van der Waals surface area contributed by atoms with Crippen LogP contribution in [0, 0.1) is 9.68 Å². The number of hydrogen-bond donors (Lipinski definition) is 2. The minimum atomic E-state index is -0.152. The van der Waals surface area contributed by atoms with Crippen LogP contribution in [0.15, 0.2) is 22.6 Å². The van der Waals surface area contributed by atoms with E-state index >= 15 is 0 Å². The molecule has 1 rings (SSSR count). The summed E-state index contributed by atoms with van der Waals surface area (Å²) in [5.41, 5.74) is 0. The summed E-state index contributed by atoms with van der Waals surface area (Å²) in [4.78, 5) is 11.4. The fraction of sp³-hybridized carbons (Fsp3) is 0.417. The Morgan fingerprint density at radius 3 is 3.00 bits per heavy atom. The summed E-state index contributed by atoms with van der Waals surface area (Å²) in [5, 5.41) is 11.5. The molecule has 1 aromatic heterocycles. The first kappa shape index (κ1) is 14.2. The Balaban J connectivity index is 2.32. The van der Waals surface area contributed by atoms with Gasteiger partial charge in [-0.2, -0.15) is 0 Å². The summed E-state index contributed by atoms with van der Waals surface area (Å²) < 4.78 is 6.08. The van der Waals surface area contributed by atoms with Gasteiger partial charge in [-0.3, -0.25) is 4.79 Å². The minimum Gasteiger partial charge on any atom is -0.451 e. The largest absolute Gasteiger partial charge is 0.451 e. The van der Waals surface area contributed by atoms with Gasteiger partial charge in [0, 0.05) is 19.2 Å². The predicted molar refractivity (Wildman–Crippen MR) is 74.3 cm³/mol. The Bertz CT molecular complexity index is 387. The average molecular weight is 349 g/mol. The molecule has 4 nitrogen and oxygen atoms in total. The zero-order valence-electron chi connectivity index (χ0n) is 9.65. The number of carbonyl (C=O) groups excluding carboxylic acids is 1. The van der Waals surface area contributed by atoms with Gasteiger partial charge in [-0.25, -0.2) is 0 Å². The van der Waals surface area contributed by atoms with Crippen molar-refractivity contribution in [1.29, 1.82) is 0 Å². The average Bonchev–Trinajstić information content (AvgIpc) is 2.70. The number of amides is 1. The molecule has 1 aromatic rings. The van der Waals surface area contributed by atoms with E-state index in [9.17, 15) is 4.79 Å². The SMILES string of the molecule is CC(CCO)CNC(=O)/C=C/c1ccc(I)o1. The maximum Gasteiger partial charge on any atom is 0.244 e. The van der Waals surface area contributed by atoms with Crippen LogP contribution in [0.2, 0.25) is 0 Å². The molecule has 5 heteroatoms. The molecular formula is C12H16INO3. The third-order valence-corrected chi connectivity index (χ3v) is 2.82. The lowest BCUT2D eigenvalue weighted by Gasteiger charge is -2.09. The van der Waals surface area contributed by atoms with Crippen LogP contribution in [0.3, 0.4) is 0 Å². The van der Waals surface area contributed by atoms with Crippen LogP contribution in [0.4, 0.5) is 0 Å². The number of halogens is 1. The fourth-order valence-electron chi connectivity index (χ4n) is 1.23. The molecule has 0 bridgehead atoms. The van der Waals surface area contributed by atoms with Gasteiger partial charge in [0.1, 0.15) is 5.76 Å². The molecule has 0 aromatic carbocycles. The van der Waals surface area contributed by atoms with E-state index in [1.54, 1.807) is 12.1 Å². The predicted octanol–water partition coefficient (Wildman–Crippen LogP) is 2.03. The smallest absolute Gasteiger partial charge is 0.244 e. The number of furan rings is 1. The van der Waals surface area contributed by atoms with E-state index in [4.69, 9.17) is 9.52 Å². The number of rotatable bonds is 6. The van der Waals surface area contributed by atoms with Gasteiger partial charge in [-0.05, 0) is 53.1 Å². The molecule has 1 atom stereocenters. The molecule has 94 valence electrons. The van der Waals surface area contributed by atoms with Crippen LogP contribution in [0.25, 0.3) is 6.08 Å². The number of hydrogen-bond acceptors (Lipinski definition) is 3. The molecule has 0 aliphatic carbocycles. The summed E-state index contributed by atoms with van der Waals surface area (Å²) in [6.45, 7) is 2.70. The van der Waals surface area contributed by atoms with E-state index in [1.807, 2.05) is 13.0 Å². The molecule has 0 saturated heterocycles. The molecule has 0 spiro atoms. The van der Waals surface area contributed by atoms with Gasteiger partial charge in [-0.1, -0.05) is 6.92 Å². The van der Waals surface area contributed by atoms with Crippen molar-refractivity contribution in [2.45, 2.75) is 13.3 Å². The van der Waals surface area contributed by atoms with Gasteiger partial charge in [-0.15, -0.1) is 0 Å². The molecule has 0 radical (unpaired) electrons. The Kier molecular flexibility index (Phi) is 6.28. The van der Waals surface area contributed by atoms with E-state index in [1.165, 1.54) is 6.08 Å². The topological polar surface area (TPSA) is 62.5 Å². The maximum atomic E-state index is 11.4. The number of nitrogens with one attached hydrogen (secondary N) is 1. The summed E-state index contributed by atoms with van der Waals surface area (Å²) in [5.74, 6) is 0.788. The highest BCUT2D eigenvalue weighted by Gasteiger charge is 2.02. The van der Waals surface area contributed by atoms with Gasteiger partial charge in [0.2, 0.25) is 5.91 Å². The zero-order valence-corrected chi connectivity index (χ0v) is 11.8. The van der Waals surface area contributed by atoms with Gasteiger partial charge in [0.05, 0.1) is 0 Å². The van der Waals surface area contributed by atoms with Crippen molar-refractivity contribution in [3.05, 3.63) is 27.7 Å². The first-order valence-electron chi connectivity index (χ1n) is 5.44. The van der Waals surface area contributed by atoms with Crippen molar-refractivity contribution in [2.24, 2.45) is 5.92 Å². The molecular weight excluding hydrogens is 333 g/mol. The zero-order chi connectivity index (χ0) is 12.7. The van der Waals surface area contributed by atoms with E-state index in [0.717, 1.165) is 3.77 Å². The summed E-state index contributed by atoms with van der Waals surface area (Å²) >= 11 is 2.07. The third kappa shape index (κ3) is 5.88. The summed E-state index contributed by atoms with van der Waals surface area (Å²) in [6, 6.07) is 3.64.